The van der Waals surface area contributed by atoms with E-state index < -0.39 is 0 Å². The SMILES string of the molecule is O=C(CCCc1nc(-c2ccco2)no1)NCC1COc2ccccc2C1. The number of rotatable bonds is 7. The molecule has 0 saturated heterocycles. The Balaban J connectivity index is 1.17. The average Bonchev–Trinajstić information content (AvgIpc) is 3.38. The Labute approximate surface area is 156 Å². The number of carbonyl (C=O) groups is 1. The number of nitrogens with zero attached hydrogens (tertiary/aromatic N) is 2. The van der Waals surface area contributed by atoms with Crippen molar-refractivity contribution in [3.8, 4) is 17.3 Å². The number of aromatic nitrogens is 2. The third kappa shape index (κ3) is 4.36. The molecule has 0 fully saturated rings. The molecule has 4 rings (SSSR count). The van der Waals surface area contributed by atoms with Gasteiger partial charge in [-0.2, -0.15) is 4.98 Å². The van der Waals surface area contributed by atoms with E-state index in [1.54, 1.807) is 18.4 Å². The van der Waals surface area contributed by atoms with E-state index in [1.165, 1.54) is 5.56 Å². The standard InChI is InChI=1S/C20H21N3O4/c24-18(21-12-14-11-15-5-1-2-6-16(15)26-13-14)8-3-9-19-22-20(23-27-19)17-7-4-10-25-17/h1-2,4-7,10,14H,3,8-9,11-13H2,(H,21,24). The van der Waals surface area contributed by atoms with Gasteiger partial charge in [0.1, 0.15) is 5.75 Å². The van der Waals surface area contributed by atoms with Crippen LogP contribution in [0.25, 0.3) is 11.6 Å². The van der Waals surface area contributed by atoms with E-state index in [1.807, 2.05) is 18.2 Å². The van der Waals surface area contributed by atoms with Crippen molar-refractivity contribution < 1.29 is 18.5 Å². The number of ether oxygens (including phenoxy) is 1. The summed E-state index contributed by atoms with van der Waals surface area (Å²) in [5.74, 6) is 2.78. The fourth-order valence-corrected chi connectivity index (χ4v) is 3.13. The number of furan rings is 1. The van der Waals surface area contributed by atoms with Gasteiger partial charge in [-0.3, -0.25) is 4.79 Å². The molecule has 0 spiro atoms. The molecule has 3 heterocycles. The second-order valence-electron chi connectivity index (χ2n) is 6.64. The van der Waals surface area contributed by atoms with Gasteiger partial charge in [0.05, 0.1) is 12.9 Å². The van der Waals surface area contributed by atoms with Crippen LogP contribution in [-0.2, 0) is 17.6 Å². The van der Waals surface area contributed by atoms with Crippen LogP contribution in [-0.4, -0.2) is 29.2 Å². The van der Waals surface area contributed by atoms with Gasteiger partial charge in [0.2, 0.25) is 17.6 Å². The van der Waals surface area contributed by atoms with Crippen LogP contribution in [0.15, 0.2) is 51.6 Å². The van der Waals surface area contributed by atoms with Crippen LogP contribution in [0.3, 0.4) is 0 Å². The smallest absolute Gasteiger partial charge is 0.238 e. The largest absolute Gasteiger partial charge is 0.493 e. The van der Waals surface area contributed by atoms with Gasteiger partial charge >= 0.3 is 0 Å². The molecule has 0 radical (unpaired) electrons. The van der Waals surface area contributed by atoms with Crippen LogP contribution in [0.2, 0.25) is 0 Å². The zero-order valence-corrected chi connectivity index (χ0v) is 14.9. The topological polar surface area (TPSA) is 90.4 Å². The van der Waals surface area contributed by atoms with E-state index in [4.69, 9.17) is 13.7 Å². The summed E-state index contributed by atoms with van der Waals surface area (Å²) in [5.41, 5.74) is 1.20. The summed E-state index contributed by atoms with van der Waals surface area (Å²) in [6.07, 6.45) is 4.11. The zero-order chi connectivity index (χ0) is 18.5. The van der Waals surface area contributed by atoms with Crippen LogP contribution in [0, 0.1) is 5.92 Å². The highest BCUT2D eigenvalue weighted by Crippen LogP contribution is 2.26. The first-order valence-corrected chi connectivity index (χ1v) is 9.12. The molecule has 140 valence electrons. The van der Waals surface area contributed by atoms with Crippen molar-refractivity contribution in [1.29, 1.82) is 0 Å². The Morgan fingerprint density at radius 3 is 3.04 bits per heavy atom. The van der Waals surface area contributed by atoms with Crippen molar-refractivity contribution in [2.45, 2.75) is 25.7 Å². The molecule has 1 aliphatic rings. The lowest BCUT2D eigenvalue weighted by Crippen LogP contribution is -2.34. The molecule has 0 saturated carbocycles. The number of nitrogens with one attached hydrogen (secondary N) is 1. The van der Waals surface area contributed by atoms with Crippen molar-refractivity contribution in [3.05, 3.63) is 54.1 Å². The first kappa shape index (κ1) is 17.3. The zero-order valence-electron chi connectivity index (χ0n) is 14.9. The maximum absolute atomic E-state index is 12.1. The van der Waals surface area contributed by atoms with Crippen LogP contribution < -0.4 is 10.1 Å². The van der Waals surface area contributed by atoms with Gasteiger partial charge in [-0.25, -0.2) is 0 Å². The maximum Gasteiger partial charge on any atom is 0.238 e. The number of carbonyl (C=O) groups excluding carboxylic acids is 1. The summed E-state index contributed by atoms with van der Waals surface area (Å²) >= 11 is 0. The van der Waals surface area contributed by atoms with E-state index in [9.17, 15) is 4.79 Å². The average molecular weight is 367 g/mol. The van der Waals surface area contributed by atoms with Crippen LogP contribution >= 0.6 is 0 Å². The Morgan fingerprint density at radius 2 is 2.15 bits per heavy atom. The summed E-state index contributed by atoms with van der Waals surface area (Å²) in [5, 5.41) is 6.87. The summed E-state index contributed by atoms with van der Waals surface area (Å²) in [6, 6.07) is 11.6. The van der Waals surface area contributed by atoms with Gasteiger partial charge in [-0.1, -0.05) is 23.4 Å². The van der Waals surface area contributed by atoms with Gasteiger partial charge in [0, 0.05) is 25.3 Å². The lowest BCUT2D eigenvalue weighted by molar-refractivity contribution is -0.121. The van der Waals surface area contributed by atoms with E-state index >= 15 is 0 Å². The molecule has 1 unspecified atom stereocenters. The summed E-state index contributed by atoms with van der Waals surface area (Å²) in [4.78, 5) is 16.4. The number of aryl methyl sites for hydroxylation is 1. The number of benzene rings is 1. The summed E-state index contributed by atoms with van der Waals surface area (Å²) in [7, 11) is 0. The molecule has 3 aromatic rings. The highest BCUT2D eigenvalue weighted by Gasteiger charge is 2.20. The molecule has 1 aliphatic heterocycles. The molecule has 1 aromatic carbocycles. The highest BCUT2D eigenvalue weighted by atomic mass is 16.5. The molecule has 2 aromatic heterocycles. The predicted molar refractivity (Wildman–Crippen MR) is 97.1 cm³/mol. The molecular formula is C20H21N3O4. The molecule has 7 nitrogen and oxygen atoms in total. The van der Waals surface area contributed by atoms with Gasteiger partial charge in [-0.15, -0.1) is 0 Å². The predicted octanol–water partition coefficient (Wildman–Crippen LogP) is 3.02. The van der Waals surface area contributed by atoms with Crippen LogP contribution in [0.5, 0.6) is 5.75 Å². The van der Waals surface area contributed by atoms with Crippen molar-refractivity contribution in [3.63, 3.8) is 0 Å². The first-order valence-electron chi connectivity index (χ1n) is 9.12. The summed E-state index contributed by atoms with van der Waals surface area (Å²) < 4.78 is 16.2. The monoisotopic (exact) mass is 367 g/mol. The fourth-order valence-electron chi connectivity index (χ4n) is 3.13. The Kier molecular flexibility index (Phi) is 5.18. The van der Waals surface area contributed by atoms with Crippen molar-refractivity contribution in [1.82, 2.24) is 15.5 Å². The van der Waals surface area contributed by atoms with Crippen molar-refractivity contribution in [2.75, 3.05) is 13.2 Å². The minimum absolute atomic E-state index is 0.0274. The van der Waals surface area contributed by atoms with Gasteiger partial charge in [0.15, 0.2) is 5.76 Å². The van der Waals surface area contributed by atoms with E-state index in [2.05, 4.69) is 21.5 Å². The minimum Gasteiger partial charge on any atom is -0.493 e. The minimum atomic E-state index is 0.0274. The van der Waals surface area contributed by atoms with Crippen LogP contribution in [0.1, 0.15) is 24.3 Å². The Hall–Kier alpha value is -3.09. The third-order valence-corrected chi connectivity index (χ3v) is 4.55. The Morgan fingerprint density at radius 1 is 1.22 bits per heavy atom. The molecular weight excluding hydrogens is 346 g/mol. The quantitative estimate of drug-likeness (QED) is 0.690. The molecule has 7 heteroatoms. The second kappa shape index (κ2) is 8.07. The lowest BCUT2D eigenvalue weighted by Gasteiger charge is -2.25. The second-order valence-corrected chi connectivity index (χ2v) is 6.64. The number of hydrogen-bond donors (Lipinski definition) is 1. The number of para-hydroxylation sites is 1. The lowest BCUT2D eigenvalue weighted by atomic mass is 9.97. The third-order valence-electron chi connectivity index (χ3n) is 4.55. The first-order chi connectivity index (χ1) is 13.3. The van der Waals surface area contributed by atoms with Crippen molar-refractivity contribution >= 4 is 5.91 Å². The van der Waals surface area contributed by atoms with Gasteiger partial charge in [-0.05, 0) is 36.6 Å². The summed E-state index contributed by atoms with van der Waals surface area (Å²) in [6.45, 7) is 1.26. The number of hydrogen-bond acceptors (Lipinski definition) is 6. The number of amides is 1. The molecule has 27 heavy (non-hydrogen) atoms. The van der Waals surface area contributed by atoms with E-state index in [0.29, 0.717) is 55.8 Å². The normalized spacial score (nSPS) is 15.8. The molecule has 1 amide bonds. The molecule has 0 bridgehead atoms. The Bertz CT molecular complexity index is 888. The van der Waals surface area contributed by atoms with Crippen LogP contribution in [0.4, 0.5) is 0 Å². The van der Waals surface area contributed by atoms with Crippen molar-refractivity contribution in [2.24, 2.45) is 5.92 Å². The number of fused-ring (bicyclic) bond motifs is 1. The van der Waals surface area contributed by atoms with Gasteiger partial charge in [0.25, 0.3) is 0 Å². The maximum atomic E-state index is 12.1. The molecule has 0 aliphatic carbocycles. The van der Waals surface area contributed by atoms with Gasteiger partial charge < -0.3 is 19.0 Å². The van der Waals surface area contributed by atoms with E-state index in [0.717, 1.165) is 12.2 Å². The molecule has 1 N–H and O–H groups in total. The fraction of sp³-hybridized carbons (Fsp3) is 0.350. The van der Waals surface area contributed by atoms with E-state index in [-0.39, 0.29) is 5.91 Å². The molecule has 1 atom stereocenters. The highest BCUT2D eigenvalue weighted by molar-refractivity contribution is 5.75.